The number of hydrogen-bond donors (Lipinski definition) is 2. The number of nitrogens with one attached hydrogen (secondary N) is 1. The molecule has 1 aliphatic heterocycles. The Bertz CT molecular complexity index is 1490. The molecule has 5 rings (SSSR count). The van der Waals surface area contributed by atoms with E-state index in [9.17, 15) is 14.7 Å². The second kappa shape index (κ2) is 8.92. The molecule has 1 atom stereocenters. The van der Waals surface area contributed by atoms with Crippen molar-refractivity contribution in [1.29, 1.82) is 0 Å². The number of ketones is 1. The first kappa shape index (κ1) is 22.7. The Morgan fingerprint density at radius 1 is 1.20 bits per heavy atom. The molecule has 0 aliphatic carbocycles. The third-order valence-corrected chi connectivity index (χ3v) is 6.46. The summed E-state index contributed by atoms with van der Waals surface area (Å²) in [5, 5.41) is 12.7. The quantitative estimate of drug-likeness (QED) is 0.230. The van der Waals surface area contributed by atoms with Gasteiger partial charge in [-0.05, 0) is 42.3 Å². The lowest BCUT2D eigenvalue weighted by Crippen LogP contribution is -2.29. The maximum Gasteiger partial charge on any atom is 0.295 e. The Balaban J connectivity index is 1.76. The van der Waals surface area contributed by atoms with E-state index < -0.39 is 17.7 Å². The number of amides is 1. The predicted molar refractivity (Wildman–Crippen MR) is 133 cm³/mol. The number of ether oxygens (including phenoxy) is 1. The number of rotatable bonds is 5. The SMILES string of the molecule is COc1c(Cl)cc(C)cc1/C(O)=C1\C(=O)C(=O)N(Cc2cccnc2)C1c1c[nH]c2ccccc12. The van der Waals surface area contributed by atoms with Crippen molar-refractivity contribution < 1.29 is 19.4 Å². The summed E-state index contributed by atoms with van der Waals surface area (Å²) in [7, 11) is 1.44. The molecule has 1 aliphatic rings. The molecule has 1 fully saturated rings. The molecule has 0 spiro atoms. The zero-order valence-electron chi connectivity index (χ0n) is 19.1. The summed E-state index contributed by atoms with van der Waals surface area (Å²) < 4.78 is 5.44. The Hall–Kier alpha value is -4.10. The van der Waals surface area contributed by atoms with Crippen LogP contribution in [0.25, 0.3) is 16.7 Å². The average molecular weight is 488 g/mol. The number of aryl methyl sites for hydroxylation is 1. The molecule has 2 aromatic heterocycles. The van der Waals surface area contributed by atoms with Crippen LogP contribution in [0.4, 0.5) is 0 Å². The molecular weight excluding hydrogens is 466 g/mol. The van der Waals surface area contributed by atoms with Crippen LogP contribution in [0.3, 0.4) is 0 Å². The lowest BCUT2D eigenvalue weighted by atomic mass is 9.94. The second-order valence-electron chi connectivity index (χ2n) is 8.41. The fourth-order valence-corrected chi connectivity index (χ4v) is 4.98. The number of H-pyrrole nitrogens is 1. The molecule has 0 saturated carbocycles. The van der Waals surface area contributed by atoms with Crippen LogP contribution in [0, 0.1) is 6.92 Å². The van der Waals surface area contributed by atoms with Crippen molar-refractivity contribution in [2.75, 3.05) is 7.11 Å². The average Bonchev–Trinajstić information content (AvgIpc) is 3.38. The van der Waals surface area contributed by atoms with Gasteiger partial charge in [0.2, 0.25) is 0 Å². The van der Waals surface area contributed by atoms with Crippen molar-refractivity contribution in [3.8, 4) is 5.75 Å². The van der Waals surface area contributed by atoms with Crippen LogP contribution >= 0.6 is 11.6 Å². The Morgan fingerprint density at radius 3 is 2.74 bits per heavy atom. The predicted octanol–water partition coefficient (Wildman–Crippen LogP) is 5.16. The van der Waals surface area contributed by atoms with E-state index in [0.717, 1.165) is 22.0 Å². The molecule has 1 saturated heterocycles. The molecule has 0 bridgehead atoms. The van der Waals surface area contributed by atoms with Crippen molar-refractivity contribution in [2.45, 2.75) is 19.5 Å². The zero-order chi connectivity index (χ0) is 24.7. The van der Waals surface area contributed by atoms with Crippen molar-refractivity contribution in [2.24, 2.45) is 0 Å². The van der Waals surface area contributed by atoms with Gasteiger partial charge in [0, 0.05) is 41.6 Å². The van der Waals surface area contributed by atoms with Crippen LogP contribution in [0.15, 0.2) is 72.7 Å². The first-order valence-electron chi connectivity index (χ1n) is 11.0. The van der Waals surface area contributed by atoms with E-state index >= 15 is 0 Å². The number of pyridine rings is 1. The minimum absolute atomic E-state index is 0.0244. The summed E-state index contributed by atoms with van der Waals surface area (Å²) in [6, 6.07) is 13.8. The standard InChI is InChI=1S/C27H22ClN3O4/c1-15-10-18(26(35-2)20(28)11-15)24(32)22-23(19-13-30-21-8-4-3-7-17(19)21)31(27(34)25(22)33)14-16-6-5-9-29-12-16/h3-13,23,30,32H,14H2,1-2H3/b24-22+. The first-order valence-corrected chi connectivity index (χ1v) is 11.4. The summed E-state index contributed by atoms with van der Waals surface area (Å²) in [4.78, 5) is 35.6. The number of likely N-dealkylation sites (tertiary alicyclic amines) is 1. The van der Waals surface area contributed by atoms with E-state index in [-0.39, 0.29) is 29.2 Å². The number of aromatic nitrogens is 2. The molecule has 1 unspecified atom stereocenters. The number of benzene rings is 2. The molecule has 176 valence electrons. The minimum Gasteiger partial charge on any atom is -0.507 e. The van der Waals surface area contributed by atoms with E-state index in [1.165, 1.54) is 12.0 Å². The number of halogens is 1. The number of hydrogen-bond acceptors (Lipinski definition) is 5. The molecule has 2 N–H and O–H groups in total. The molecule has 35 heavy (non-hydrogen) atoms. The van der Waals surface area contributed by atoms with Gasteiger partial charge in [-0.1, -0.05) is 35.9 Å². The number of Topliss-reactive ketones (excluding diaryl/α,β-unsaturated/α-hetero) is 1. The fourth-order valence-electron chi connectivity index (χ4n) is 4.63. The molecule has 7 nitrogen and oxygen atoms in total. The topological polar surface area (TPSA) is 95.5 Å². The Morgan fingerprint density at radius 2 is 2.00 bits per heavy atom. The largest absolute Gasteiger partial charge is 0.507 e. The van der Waals surface area contributed by atoms with Crippen LogP contribution in [0.1, 0.15) is 28.3 Å². The number of aromatic amines is 1. The van der Waals surface area contributed by atoms with E-state index in [2.05, 4.69) is 9.97 Å². The van der Waals surface area contributed by atoms with Gasteiger partial charge in [-0.15, -0.1) is 0 Å². The van der Waals surface area contributed by atoms with E-state index in [4.69, 9.17) is 16.3 Å². The molecule has 4 aromatic rings. The van der Waals surface area contributed by atoms with Gasteiger partial charge in [-0.25, -0.2) is 0 Å². The molecule has 8 heteroatoms. The van der Waals surface area contributed by atoms with E-state index in [1.54, 1.807) is 36.8 Å². The lowest BCUT2D eigenvalue weighted by Gasteiger charge is -2.25. The number of nitrogens with zero attached hydrogens (tertiary/aromatic N) is 2. The van der Waals surface area contributed by atoms with Gasteiger partial charge >= 0.3 is 0 Å². The van der Waals surface area contributed by atoms with Gasteiger partial charge < -0.3 is 19.7 Å². The fraction of sp³-hybridized carbons (Fsp3) is 0.148. The molecule has 2 aromatic carbocycles. The van der Waals surface area contributed by atoms with Crippen molar-refractivity contribution in [3.05, 3.63) is 100.0 Å². The van der Waals surface area contributed by atoms with Gasteiger partial charge in [0.25, 0.3) is 11.7 Å². The monoisotopic (exact) mass is 487 g/mol. The summed E-state index contributed by atoms with van der Waals surface area (Å²) in [5.41, 5.74) is 3.31. The summed E-state index contributed by atoms with van der Waals surface area (Å²) in [6.07, 6.45) is 5.06. The maximum absolute atomic E-state index is 13.4. The highest BCUT2D eigenvalue weighted by atomic mass is 35.5. The number of carbonyl (C=O) groups is 2. The number of aliphatic hydroxyl groups excluding tert-OH is 1. The Kier molecular flexibility index (Phi) is 5.78. The number of methoxy groups -OCH3 is 1. The normalized spacial score (nSPS) is 17.3. The van der Waals surface area contributed by atoms with Crippen LogP contribution in [0.5, 0.6) is 5.75 Å². The second-order valence-corrected chi connectivity index (χ2v) is 8.81. The van der Waals surface area contributed by atoms with Crippen LogP contribution in [-0.4, -0.2) is 38.8 Å². The van der Waals surface area contributed by atoms with Crippen LogP contribution in [0.2, 0.25) is 5.02 Å². The van der Waals surface area contributed by atoms with Gasteiger partial charge in [0.1, 0.15) is 11.5 Å². The smallest absolute Gasteiger partial charge is 0.295 e. The summed E-state index contributed by atoms with van der Waals surface area (Å²) >= 11 is 6.37. The lowest BCUT2D eigenvalue weighted by molar-refractivity contribution is -0.140. The molecule has 3 heterocycles. The minimum atomic E-state index is -0.838. The molecular formula is C27H22ClN3O4. The number of para-hydroxylation sites is 1. The van der Waals surface area contributed by atoms with E-state index in [0.29, 0.717) is 10.6 Å². The number of fused-ring (bicyclic) bond motifs is 1. The Labute approximate surface area is 206 Å². The molecule has 0 radical (unpaired) electrons. The van der Waals surface area contributed by atoms with Gasteiger partial charge in [-0.2, -0.15) is 0 Å². The highest BCUT2D eigenvalue weighted by Crippen LogP contribution is 2.44. The van der Waals surface area contributed by atoms with E-state index in [1.807, 2.05) is 37.3 Å². The zero-order valence-corrected chi connectivity index (χ0v) is 19.8. The highest BCUT2D eigenvalue weighted by molar-refractivity contribution is 6.46. The van der Waals surface area contributed by atoms with Gasteiger partial charge in [0.15, 0.2) is 0 Å². The summed E-state index contributed by atoms with van der Waals surface area (Å²) in [5.74, 6) is -1.59. The number of carbonyl (C=O) groups excluding carboxylic acids is 2. The summed E-state index contributed by atoms with van der Waals surface area (Å²) in [6.45, 7) is 1.96. The van der Waals surface area contributed by atoms with Gasteiger partial charge in [-0.3, -0.25) is 14.6 Å². The third kappa shape index (κ3) is 3.84. The van der Waals surface area contributed by atoms with Crippen molar-refractivity contribution >= 4 is 40.0 Å². The van der Waals surface area contributed by atoms with Gasteiger partial charge in [0.05, 0.1) is 29.3 Å². The van der Waals surface area contributed by atoms with Crippen LogP contribution < -0.4 is 4.74 Å². The highest BCUT2D eigenvalue weighted by Gasteiger charge is 2.47. The maximum atomic E-state index is 13.4. The first-order chi connectivity index (χ1) is 16.9. The molecule has 1 amide bonds. The number of aliphatic hydroxyl groups is 1. The van der Waals surface area contributed by atoms with Crippen molar-refractivity contribution in [1.82, 2.24) is 14.9 Å². The van der Waals surface area contributed by atoms with Crippen molar-refractivity contribution in [3.63, 3.8) is 0 Å². The third-order valence-electron chi connectivity index (χ3n) is 6.18. The van der Waals surface area contributed by atoms with Crippen LogP contribution in [-0.2, 0) is 16.1 Å².